The predicted molar refractivity (Wildman–Crippen MR) is 281 cm³/mol. The van der Waals surface area contributed by atoms with E-state index in [2.05, 4.69) is 272 Å². The lowest BCUT2D eigenvalue weighted by atomic mass is 9.73. The minimum Gasteiger partial charge on any atom is -0.328 e. The standard InChI is InChI=1S/C62H53N5/c1-61(2,47-23-11-6-12-24-47)49-39-50(62(3,4)48-25-13-7-14-26-48)41-54(40-49)65-36-35-64(44-65)53-37-46(45-21-9-5-10-22-45)38-55(42-53)66(51-27-15-8-16-28-51)52-32-33-57-56-29-17-18-30-58(56)67(59(57)43-52)60-31-19-20-34-63-60/h5-43H,44H2,1-4H3. The number of nitrogens with zero attached hydrogens (tertiary/aromatic N) is 5. The number of benzene rings is 8. The predicted octanol–water partition coefficient (Wildman–Crippen LogP) is 15.7. The van der Waals surface area contributed by atoms with E-state index in [4.69, 9.17) is 4.98 Å². The minimum atomic E-state index is -0.225. The lowest BCUT2D eigenvalue weighted by Crippen LogP contribution is -2.27. The van der Waals surface area contributed by atoms with Gasteiger partial charge in [-0.05, 0) is 106 Å². The average Bonchev–Trinajstić information content (AvgIpc) is 4.02. The van der Waals surface area contributed by atoms with E-state index in [1.54, 1.807) is 0 Å². The molecule has 2 aromatic heterocycles. The Hall–Kier alpha value is -8.15. The fourth-order valence-corrected chi connectivity index (χ4v) is 9.84. The Bertz CT molecular complexity index is 3310. The van der Waals surface area contributed by atoms with Crippen LogP contribution in [0.3, 0.4) is 0 Å². The molecule has 0 spiro atoms. The number of fused-ring (bicyclic) bond motifs is 3. The van der Waals surface area contributed by atoms with E-state index in [9.17, 15) is 0 Å². The van der Waals surface area contributed by atoms with E-state index in [1.165, 1.54) is 38.7 Å². The summed E-state index contributed by atoms with van der Waals surface area (Å²) in [5.74, 6) is 0.890. The smallest absolute Gasteiger partial charge is 0.137 e. The first-order chi connectivity index (χ1) is 32.7. The molecule has 326 valence electrons. The largest absolute Gasteiger partial charge is 0.328 e. The Morgan fingerprint density at radius 2 is 0.955 bits per heavy atom. The number of pyridine rings is 1. The molecule has 10 aromatic rings. The molecule has 0 aliphatic carbocycles. The van der Waals surface area contributed by atoms with Crippen molar-refractivity contribution in [1.29, 1.82) is 0 Å². The zero-order valence-corrected chi connectivity index (χ0v) is 38.5. The minimum absolute atomic E-state index is 0.225. The quantitative estimate of drug-likeness (QED) is 0.129. The van der Waals surface area contributed by atoms with Gasteiger partial charge in [0.05, 0.1) is 17.7 Å². The molecule has 0 bridgehead atoms. The van der Waals surface area contributed by atoms with E-state index < -0.39 is 0 Å². The Morgan fingerprint density at radius 1 is 0.403 bits per heavy atom. The first-order valence-corrected chi connectivity index (χ1v) is 23.2. The van der Waals surface area contributed by atoms with Crippen LogP contribution in [0.5, 0.6) is 0 Å². The van der Waals surface area contributed by atoms with Crippen molar-refractivity contribution in [2.24, 2.45) is 0 Å². The fourth-order valence-electron chi connectivity index (χ4n) is 9.84. The monoisotopic (exact) mass is 867 g/mol. The maximum absolute atomic E-state index is 4.84. The summed E-state index contributed by atoms with van der Waals surface area (Å²) in [6.07, 6.45) is 6.34. The van der Waals surface area contributed by atoms with Crippen molar-refractivity contribution in [3.8, 4) is 16.9 Å². The van der Waals surface area contributed by atoms with Crippen LogP contribution in [0.25, 0.3) is 38.8 Å². The number of hydrogen-bond acceptors (Lipinski definition) is 4. The van der Waals surface area contributed by atoms with Crippen molar-refractivity contribution in [3.63, 3.8) is 0 Å². The molecule has 0 atom stereocenters. The van der Waals surface area contributed by atoms with Crippen molar-refractivity contribution in [3.05, 3.63) is 259 Å². The van der Waals surface area contributed by atoms with Gasteiger partial charge in [-0.1, -0.05) is 173 Å². The molecule has 5 nitrogen and oxygen atoms in total. The molecule has 3 heterocycles. The SMILES string of the molecule is CC(C)(c1ccccc1)c1cc(N2C=CN(c3cc(-c4ccccc4)cc(N(c4ccccc4)c4ccc5c6ccccc6n(-c6ccccn6)c5c4)c3)C2)cc(C(C)(C)c2ccccc2)c1. The van der Waals surface area contributed by atoms with Crippen molar-refractivity contribution < 1.29 is 0 Å². The Labute approximate surface area is 394 Å². The molecule has 11 rings (SSSR count). The van der Waals surface area contributed by atoms with E-state index in [0.717, 1.165) is 50.7 Å². The first-order valence-electron chi connectivity index (χ1n) is 23.2. The third-order valence-electron chi connectivity index (χ3n) is 13.8. The molecule has 1 aliphatic rings. The number of rotatable bonds is 11. The lowest BCUT2D eigenvalue weighted by Gasteiger charge is -2.33. The molecule has 0 amide bonds. The van der Waals surface area contributed by atoms with Crippen molar-refractivity contribution in [2.45, 2.75) is 38.5 Å². The highest BCUT2D eigenvalue weighted by Crippen LogP contribution is 2.44. The second-order valence-corrected chi connectivity index (χ2v) is 18.6. The van der Waals surface area contributed by atoms with Crippen molar-refractivity contribution >= 4 is 50.2 Å². The molecule has 1 aliphatic heterocycles. The summed E-state index contributed by atoms with van der Waals surface area (Å²) in [7, 11) is 0. The third kappa shape index (κ3) is 7.72. The summed E-state index contributed by atoms with van der Waals surface area (Å²) in [5.41, 5.74) is 14.7. The van der Waals surface area contributed by atoms with Gasteiger partial charge in [0.2, 0.25) is 0 Å². The van der Waals surface area contributed by atoms with Gasteiger partial charge in [0.15, 0.2) is 0 Å². The topological polar surface area (TPSA) is 27.5 Å². The van der Waals surface area contributed by atoms with Gasteiger partial charge in [-0.15, -0.1) is 0 Å². The number of hydrogen-bond donors (Lipinski definition) is 0. The Morgan fingerprint density at radius 3 is 1.58 bits per heavy atom. The number of para-hydroxylation sites is 2. The molecule has 0 fully saturated rings. The molecule has 0 radical (unpaired) electrons. The maximum Gasteiger partial charge on any atom is 0.137 e. The highest BCUT2D eigenvalue weighted by atomic mass is 15.3. The van der Waals surface area contributed by atoms with E-state index >= 15 is 0 Å². The van der Waals surface area contributed by atoms with Crippen LogP contribution in [0.1, 0.15) is 49.9 Å². The number of anilines is 5. The fraction of sp³-hybridized carbons (Fsp3) is 0.113. The summed E-state index contributed by atoms with van der Waals surface area (Å²) < 4.78 is 2.29. The second-order valence-electron chi connectivity index (χ2n) is 18.6. The summed E-state index contributed by atoms with van der Waals surface area (Å²) in [6.45, 7) is 10.0. The van der Waals surface area contributed by atoms with Crippen LogP contribution >= 0.6 is 0 Å². The van der Waals surface area contributed by atoms with Gasteiger partial charge in [-0.3, -0.25) is 4.57 Å². The van der Waals surface area contributed by atoms with Crippen LogP contribution in [-0.4, -0.2) is 16.2 Å². The number of aromatic nitrogens is 2. The summed E-state index contributed by atoms with van der Waals surface area (Å²) in [4.78, 5) is 12.0. The summed E-state index contributed by atoms with van der Waals surface area (Å²) >= 11 is 0. The summed E-state index contributed by atoms with van der Waals surface area (Å²) in [5, 5.41) is 2.38. The molecular weight excluding hydrogens is 815 g/mol. The van der Waals surface area contributed by atoms with E-state index in [-0.39, 0.29) is 10.8 Å². The molecule has 0 unspecified atom stereocenters. The molecule has 5 heteroatoms. The van der Waals surface area contributed by atoms with Crippen molar-refractivity contribution in [1.82, 2.24) is 9.55 Å². The molecule has 0 N–H and O–H groups in total. The zero-order chi connectivity index (χ0) is 45.5. The highest BCUT2D eigenvalue weighted by Gasteiger charge is 2.31. The molecular formula is C62H53N5. The van der Waals surface area contributed by atoms with Crippen LogP contribution < -0.4 is 14.7 Å². The zero-order valence-electron chi connectivity index (χ0n) is 38.5. The van der Waals surface area contributed by atoms with Crippen LogP contribution in [0.4, 0.5) is 28.4 Å². The average molecular weight is 868 g/mol. The Kier molecular flexibility index (Phi) is 10.5. The normalized spacial score (nSPS) is 12.9. The van der Waals surface area contributed by atoms with Gasteiger partial charge in [0, 0.05) is 68.6 Å². The second kappa shape index (κ2) is 17.0. The van der Waals surface area contributed by atoms with Gasteiger partial charge in [-0.2, -0.15) is 0 Å². The van der Waals surface area contributed by atoms with Crippen molar-refractivity contribution in [2.75, 3.05) is 21.4 Å². The third-order valence-corrected chi connectivity index (χ3v) is 13.8. The molecule has 8 aromatic carbocycles. The molecule has 0 saturated heterocycles. The first kappa shape index (κ1) is 41.5. The van der Waals surface area contributed by atoms with Gasteiger partial charge < -0.3 is 14.7 Å². The van der Waals surface area contributed by atoms with Crippen LogP contribution in [-0.2, 0) is 10.8 Å². The van der Waals surface area contributed by atoms with Gasteiger partial charge in [0.1, 0.15) is 5.82 Å². The lowest BCUT2D eigenvalue weighted by molar-refractivity contribution is 0.617. The van der Waals surface area contributed by atoms with E-state index in [1.807, 2.05) is 12.3 Å². The van der Waals surface area contributed by atoms with Gasteiger partial charge in [0.25, 0.3) is 0 Å². The van der Waals surface area contributed by atoms with E-state index in [0.29, 0.717) is 6.67 Å². The van der Waals surface area contributed by atoms with Crippen LogP contribution in [0.15, 0.2) is 237 Å². The Balaban J connectivity index is 1.03. The van der Waals surface area contributed by atoms with Gasteiger partial charge >= 0.3 is 0 Å². The molecule has 67 heavy (non-hydrogen) atoms. The highest BCUT2D eigenvalue weighted by molar-refractivity contribution is 6.10. The van der Waals surface area contributed by atoms with Gasteiger partial charge in [-0.25, -0.2) is 4.98 Å². The summed E-state index contributed by atoms with van der Waals surface area (Å²) in [6, 6.07) is 79.1. The van der Waals surface area contributed by atoms with Crippen LogP contribution in [0, 0.1) is 0 Å². The molecule has 0 saturated carbocycles. The maximum atomic E-state index is 4.84. The van der Waals surface area contributed by atoms with Crippen LogP contribution in [0.2, 0.25) is 0 Å².